The summed E-state index contributed by atoms with van der Waals surface area (Å²) < 4.78 is 13.7. The molecule has 1 fully saturated rings. The number of amides is 1. The predicted molar refractivity (Wildman–Crippen MR) is 65.2 cm³/mol. The van der Waals surface area contributed by atoms with Crippen molar-refractivity contribution in [3.63, 3.8) is 0 Å². The Morgan fingerprint density at radius 3 is 3.00 bits per heavy atom. The summed E-state index contributed by atoms with van der Waals surface area (Å²) in [6, 6.07) is 4.20. The van der Waals surface area contributed by atoms with Crippen LogP contribution in [0.5, 0.6) is 0 Å². The highest BCUT2D eigenvalue weighted by Crippen LogP contribution is 2.22. The summed E-state index contributed by atoms with van der Waals surface area (Å²) in [5, 5.41) is 9.16. The van der Waals surface area contributed by atoms with E-state index in [2.05, 4.69) is 15.9 Å². The Morgan fingerprint density at radius 1 is 1.59 bits per heavy atom. The number of halogens is 2. The van der Waals surface area contributed by atoms with Crippen LogP contribution in [0.3, 0.4) is 0 Å². The molecular formula is C12H13BrFNO2. The molecular weight excluding hydrogens is 289 g/mol. The molecule has 0 unspecified atom stereocenters. The Hall–Kier alpha value is -0.940. The molecule has 17 heavy (non-hydrogen) atoms. The molecule has 1 saturated heterocycles. The first kappa shape index (κ1) is 12.5. The second-order valence-corrected chi connectivity index (χ2v) is 4.96. The van der Waals surface area contributed by atoms with Crippen molar-refractivity contribution in [2.24, 2.45) is 0 Å². The monoisotopic (exact) mass is 301 g/mol. The van der Waals surface area contributed by atoms with Crippen LogP contribution in [-0.4, -0.2) is 35.1 Å². The highest BCUT2D eigenvalue weighted by atomic mass is 79.9. The van der Waals surface area contributed by atoms with Crippen LogP contribution in [0.15, 0.2) is 22.7 Å². The fraction of sp³-hybridized carbons (Fsp3) is 0.417. The van der Waals surface area contributed by atoms with Gasteiger partial charge in [-0.15, -0.1) is 0 Å². The van der Waals surface area contributed by atoms with E-state index in [0.717, 1.165) is 12.8 Å². The van der Waals surface area contributed by atoms with E-state index >= 15 is 0 Å². The average molecular weight is 302 g/mol. The first-order chi connectivity index (χ1) is 8.13. The summed E-state index contributed by atoms with van der Waals surface area (Å²) in [6.07, 6.45) is 1.69. The van der Waals surface area contributed by atoms with Gasteiger partial charge in [-0.05, 0) is 47.0 Å². The molecule has 1 amide bonds. The molecule has 0 spiro atoms. The number of rotatable bonds is 2. The van der Waals surface area contributed by atoms with Gasteiger partial charge in [-0.3, -0.25) is 4.79 Å². The molecule has 1 aliphatic heterocycles. The normalized spacial score (nSPS) is 19.7. The minimum absolute atomic E-state index is 0.0370. The maximum atomic E-state index is 13.3. The van der Waals surface area contributed by atoms with Crippen LogP contribution in [0, 0.1) is 5.82 Å². The largest absolute Gasteiger partial charge is 0.394 e. The molecule has 1 aliphatic rings. The predicted octanol–water partition coefficient (Wildman–Crippen LogP) is 2.19. The quantitative estimate of drug-likeness (QED) is 0.910. The maximum Gasteiger partial charge on any atom is 0.254 e. The Balaban J connectivity index is 2.21. The first-order valence-corrected chi connectivity index (χ1v) is 6.29. The van der Waals surface area contributed by atoms with Gasteiger partial charge in [-0.1, -0.05) is 0 Å². The molecule has 1 N–H and O–H groups in total. The molecule has 0 aromatic heterocycles. The number of nitrogens with zero attached hydrogens (tertiary/aromatic N) is 1. The first-order valence-electron chi connectivity index (χ1n) is 5.50. The third-order valence-corrected chi connectivity index (χ3v) is 3.66. The summed E-state index contributed by atoms with van der Waals surface area (Å²) in [4.78, 5) is 13.7. The summed E-state index contributed by atoms with van der Waals surface area (Å²) in [5.41, 5.74) is 0.325. The number of hydrogen-bond acceptors (Lipinski definition) is 2. The van der Waals surface area contributed by atoms with E-state index in [1.807, 2.05) is 0 Å². The van der Waals surface area contributed by atoms with Crippen molar-refractivity contribution in [3.05, 3.63) is 34.1 Å². The zero-order valence-electron chi connectivity index (χ0n) is 9.20. The molecule has 0 bridgehead atoms. The van der Waals surface area contributed by atoms with Crippen molar-refractivity contribution in [3.8, 4) is 0 Å². The maximum absolute atomic E-state index is 13.3. The van der Waals surface area contributed by atoms with Gasteiger partial charge in [0.1, 0.15) is 5.82 Å². The van der Waals surface area contributed by atoms with Crippen molar-refractivity contribution in [1.29, 1.82) is 0 Å². The fourth-order valence-electron chi connectivity index (χ4n) is 2.09. The van der Waals surface area contributed by atoms with Gasteiger partial charge in [-0.2, -0.15) is 0 Å². The number of carbonyl (C=O) groups is 1. The molecule has 3 nitrogen and oxygen atoms in total. The standard InChI is InChI=1S/C12H13BrFNO2/c13-10-4-3-8(6-11(10)14)12(17)15-5-1-2-9(15)7-16/h3-4,6,9,16H,1-2,5,7H2/t9-/m0/s1. The van der Waals surface area contributed by atoms with E-state index in [1.54, 1.807) is 11.0 Å². The molecule has 1 heterocycles. The Bertz CT molecular complexity index is 439. The summed E-state index contributed by atoms with van der Waals surface area (Å²) in [7, 11) is 0. The van der Waals surface area contributed by atoms with Crippen LogP contribution in [0.4, 0.5) is 4.39 Å². The number of hydrogen-bond donors (Lipinski definition) is 1. The average Bonchev–Trinajstić information content (AvgIpc) is 2.80. The fourth-order valence-corrected chi connectivity index (χ4v) is 2.33. The van der Waals surface area contributed by atoms with Crippen LogP contribution in [0.1, 0.15) is 23.2 Å². The topological polar surface area (TPSA) is 40.5 Å². The number of aliphatic hydroxyl groups is 1. The molecule has 92 valence electrons. The van der Waals surface area contributed by atoms with Gasteiger partial charge < -0.3 is 10.0 Å². The van der Waals surface area contributed by atoms with Crippen molar-refractivity contribution in [2.75, 3.05) is 13.2 Å². The summed E-state index contributed by atoms with van der Waals surface area (Å²) >= 11 is 3.05. The lowest BCUT2D eigenvalue weighted by atomic mass is 10.1. The molecule has 1 atom stereocenters. The second kappa shape index (κ2) is 5.14. The summed E-state index contributed by atoms with van der Waals surface area (Å²) in [5.74, 6) is -0.663. The van der Waals surface area contributed by atoms with Crippen molar-refractivity contribution in [1.82, 2.24) is 4.90 Å². The van der Waals surface area contributed by atoms with Crippen LogP contribution >= 0.6 is 15.9 Å². The van der Waals surface area contributed by atoms with Gasteiger partial charge in [-0.25, -0.2) is 4.39 Å². The third-order valence-electron chi connectivity index (χ3n) is 3.02. The van der Waals surface area contributed by atoms with E-state index in [-0.39, 0.29) is 18.6 Å². The Kier molecular flexibility index (Phi) is 3.79. The molecule has 5 heteroatoms. The van der Waals surface area contributed by atoms with Crippen LogP contribution in [0.2, 0.25) is 0 Å². The highest BCUT2D eigenvalue weighted by molar-refractivity contribution is 9.10. The van der Waals surface area contributed by atoms with E-state index in [1.165, 1.54) is 12.1 Å². The van der Waals surface area contributed by atoms with E-state index < -0.39 is 5.82 Å². The van der Waals surface area contributed by atoms with Crippen molar-refractivity contribution in [2.45, 2.75) is 18.9 Å². The zero-order valence-corrected chi connectivity index (χ0v) is 10.8. The lowest BCUT2D eigenvalue weighted by Crippen LogP contribution is -2.37. The van der Waals surface area contributed by atoms with Gasteiger partial charge in [0, 0.05) is 12.1 Å². The number of benzene rings is 1. The molecule has 0 aliphatic carbocycles. The molecule has 1 aromatic rings. The van der Waals surface area contributed by atoms with Gasteiger partial charge in [0.25, 0.3) is 5.91 Å². The Morgan fingerprint density at radius 2 is 2.35 bits per heavy atom. The second-order valence-electron chi connectivity index (χ2n) is 4.11. The molecule has 2 rings (SSSR count). The van der Waals surface area contributed by atoms with Gasteiger partial charge in [0.2, 0.25) is 0 Å². The smallest absolute Gasteiger partial charge is 0.254 e. The SMILES string of the molecule is O=C(c1ccc(Br)c(F)c1)N1CCC[C@H]1CO. The highest BCUT2D eigenvalue weighted by Gasteiger charge is 2.28. The Labute approximate surface area is 107 Å². The third kappa shape index (κ3) is 2.50. The van der Waals surface area contributed by atoms with Crippen molar-refractivity contribution >= 4 is 21.8 Å². The summed E-state index contributed by atoms with van der Waals surface area (Å²) in [6.45, 7) is 0.590. The zero-order chi connectivity index (χ0) is 12.4. The molecule has 0 radical (unpaired) electrons. The molecule has 1 aromatic carbocycles. The molecule has 0 saturated carbocycles. The van der Waals surface area contributed by atoms with E-state index in [9.17, 15) is 9.18 Å². The van der Waals surface area contributed by atoms with Gasteiger partial charge in [0.15, 0.2) is 0 Å². The minimum Gasteiger partial charge on any atom is -0.394 e. The van der Waals surface area contributed by atoms with Gasteiger partial charge in [0.05, 0.1) is 17.1 Å². The van der Waals surface area contributed by atoms with E-state index in [0.29, 0.717) is 16.6 Å². The minimum atomic E-state index is -0.449. The van der Waals surface area contributed by atoms with Crippen LogP contribution in [0.25, 0.3) is 0 Å². The van der Waals surface area contributed by atoms with E-state index in [4.69, 9.17) is 5.11 Å². The van der Waals surface area contributed by atoms with Gasteiger partial charge >= 0.3 is 0 Å². The van der Waals surface area contributed by atoms with Crippen LogP contribution < -0.4 is 0 Å². The number of aliphatic hydroxyl groups excluding tert-OH is 1. The lowest BCUT2D eigenvalue weighted by Gasteiger charge is -2.23. The number of likely N-dealkylation sites (tertiary alicyclic amines) is 1. The van der Waals surface area contributed by atoms with Crippen molar-refractivity contribution < 1.29 is 14.3 Å². The van der Waals surface area contributed by atoms with Crippen LogP contribution in [-0.2, 0) is 0 Å². The lowest BCUT2D eigenvalue weighted by molar-refractivity contribution is 0.0677. The number of carbonyl (C=O) groups excluding carboxylic acids is 1.